The third-order valence-corrected chi connectivity index (χ3v) is 3.17. The predicted octanol–water partition coefficient (Wildman–Crippen LogP) is 1.94. The lowest BCUT2D eigenvalue weighted by atomic mass is 10.1. The van der Waals surface area contributed by atoms with Crippen molar-refractivity contribution < 1.29 is 9.53 Å². The number of aromatic nitrogens is 1. The van der Waals surface area contributed by atoms with E-state index < -0.39 is 0 Å². The van der Waals surface area contributed by atoms with Gasteiger partial charge in [-0.2, -0.15) is 0 Å². The lowest BCUT2D eigenvalue weighted by molar-refractivity contribution is -0.114. The first-order chi connectivity index (χ1) is 9.01. The predicted molar refractivity (Wildman–Crippen MR) is 77.2 cm³/mol. The summed E-state index contributed by atoms with van der Waals surface area (Å²) < 4.78 is 5.18. The summed E-state index contributed by atoms with van der Waals surface area (Å²) in [5.74, 6) is 0.391. The standard InChI is InChI=1S/C12H14N4O2S/c1-6(17)15-8-5-7(3-4-9(8)18-2)10-11(13)19-12(14)16-10/h3-5H,13H2,1-2H3,(H2,14,16)(H,15,17). The van der Waals surface area contributed by atoms with E-state index in [9.17, 15) is 4.79 Å². The van der Waals surface area contributed by atoms with E-state index in [-0.39, 0.29) is 5.91 Å². The second kappa shape index (κ2) is 5.15. The number of ether oxygens (including phenoxy) is 1. The van der Waals surface area contributed by atoms with E-state index in [0.29, 0.717) is 27.3 Å². The number of methoxy groups -OCH3 is 1. The highest BCUT2D eigenvalue weighted by atomic mass is 32.1. The molecule has 0 saturated heterocycles. The Kier molecular flexibility index (Phi) is 3.57. The second-order valence-electron chi connectivity index (χ2n) is 3.86. The van der Waals surface area contributed by atoms with Gasteiger partial charge in [-0.15, -0.1) is 0 Å². The highest BCUT2D eigenvalue weighted by Crippen LogP contribution is 2.35. The Bertz CT molecular complexity index is 624. The van der Waals surface area contributed by atoms with E-state index in [4.69, 9.17) is 16.2 Å². The van der Waals surface area contributed by atoms with Gasteiger partial charge < -0.3 is 21.5 Å². The van der Waals surface area contributed by atoms with Crippen molar-refractivity contribution in [2.45, 2.75) is 6.92 Å². The van der Waals surface area contributed by atoms with Crippen LogP contribution in [0.1, 0.15) is 6.92 Å². The molecule has 2 rings (SSSR count). The number of thiazole rings is 1. The van der Waals surface area contributed by atoms with E-state index in [1.807, 2.05) is 6.07 Å². The number of amides is 1. The lowest BCUT2D eigenvalue weighted by Crippen LogP contribution is -2.07. The van der Waals surface area contributed by atoms with Crippen LogP contribution in [0, 0.1) is 0 Å². The molecular weight excluding hydrogens is 264 g/mol. The molecule has 19 heavy (non-hydrogen) atoms. The number of nitrogen functional groups attached to an aromatic ring is 2. The Morgan fingerprint density at radius 2 is 2.16 bits per heavy atom. The Labute approximate surface area is 114 Å². The number of carbonyl (C=O) groups excluding carboxylic acids is 1. The molecule has 6 nitrogen and oxygen atoms in total. The van der Waals surface area contributed by atoms with Crippen LogP contribution >= 0.6 is 11.3 Å². The number of anilines is 3. The van der Waals surface area contributed by atoms with Gasteiger partial charge in [0.1, 0.15) is 16.4 Å². The van der Waals surface area contributed by atoms with Gasteiger partial charge in [-0.3, -0.25) is 4.79 Å². The van der Waals surface area contributed by atoms with Gasteiger partial charge >= 0.3 is 0 Å². The largest absolute Gasteiger partial charge is 0.495 e. The molecule has 1 aromatic heterocycles. The highest BCUT2D eigenvalue weighted by Gasteiger charge is 2.12. The summed E-state index contributed by atoms with van der Waals surface area (Å²) in [5.41, 5.74) is 13.4. The molecule has 7 heteroatoms. The van der Waals surface area contributed by atoms with Crippen molar-refractivity contribution in [1.29, 1.82) is 0 Å². The second-order valence-corrected chi connectivity index (χ2v) is 4.92. The minimum Gasteiger partial charge on any atom is -0.495 e. The average molecular weight is 278 g/mol. The van der Waals surface area contributed by atoms with Crippen LogP contribution in [0.2, 0.25) is 0 Å². The number of benzene rings is 1. The minimum atomic E-state index is -0.179. The summed E-state index contributed by atoms with van der Waals surface area (Å²) in [7, 11) is 1.54. The SMILES string of the molecule is COc1ccc(-c2nc(N)sc2N)cc1NC(C)=O. The van der Waals surface area contributed by atoms with Crippen molar-refractivity contribution in [2.75, 3.05) is 23.9 Å². The van der Waals surface area contributed by atoms with E-state index in [0.717, 1.165) is 5.56 Å². The molecule has 1 heterocycles. The van der Waals surface area contributed by atoms with Gasteiger partial charge in [-0.05, 0) is 18.2 Å². The van der Waals surface area contributed by atoms with Crippen LogP contribution in [0.25, 0.3) is 11.3 Å². The molecule has 5 N–H and O–H groups in total. The van der Waals surface area contributed by atoms with Gasteiger partial charge in [-0.25, -0.2) is 4.98 Å². The zero-order valence-corrected chi connectivity index (χ0v) is 11.4. The fraction of sp³-hybridized carbons (Fsp3) is 0.167. The normalized spacial score (nSPS) is 10.2. The maximum atomic E-state index is 11.2. The fourth-order valence-electron chi connectivity index (χ4n) is 1.70. The summed E-state index contributed by atoms with van der Waals surface area (Å²) in [6.45, 7) is 1.43. The Hall–Kier alpha value is -2.28. The van der Waals surface area contributed by atoms with Crippen LogP contribution in [0.3, 0.4) is 0 Å². The quantitative estimate of drug-likeness (QED) is 0.796. The van der Waals surface area contributed by atoms with Crippen molar-refractivity contribution >= 4 is 33.1 Å². The van der Waals surface area contributed by atoms with Crippen LogP contribution in [-0.4, -0.2) is 18.0 Å². The van der Waals surface area contributed by atoms with Gasteiger partial charge in [0, 0.05) is 12.5 Å². The lowest BCUT2D eigenvalue weighted by Gasteiger charge is -2.10. The number of hydrogen-bond acceptors (Lipinski definition) is 6. The molecule has 2 aromatic rings. The zero-order valence-electron chi connectivity index (χ0n) is 10.6. The van der Waals surface area contributed by atoms with Crippen molar-refractivity contribution in [2.24, 2.45) is 0 Å². The first-order valence-electron chi connectivity index (χ1n) is 5.49. The summed E-state index contributed by atoms with van der Waals surface area (Å²) >= 11 is 1.22. The topological polar surface area (TPSA) is 103 Å². The van der Waals surface area contributed by atoms with Crippen LogP contribution in [0.4, 0.5) is 15.8 Å². The monoisotopic (exact) mass is 278 g/mol. The molecule has 0 aliphatic heterocycles. The van der Waals surface area contributed by atoms with Crippen molar-refractivity contribution in [1.82, 2.24) is 4.98 Å². The van der Waals surface area contributed by atoms with Crippen LogP contribution < -0.4 is 21.5 Å². The molecule has 0 saturated carbocycles. The van der Waals surface area contributed by atoms with Gasteiger partial charge in [0.05, 0.1) is 12.8 Å². The molecule has 0 unspecified atom stereocenters. The Morgan fingerprint density at radius 3 is 2.68 bits per heavy atom. The van der Waals surface area contributed by atoms with Gasteiger partial charge in [0.15, 0.2) is 5.13 Å². The van der Waals surface area contributed by atoms with E-state index in [1.165, 1.54) is 25.4 Å². The minimum absolute atomic E-state index is 0.179. The van der Waals surface area contributed by atoms with Gasteiger partial charge in [-0.1, -0.05) is 11.3 Å². The zero-order chi connectivity index (χ0) is 14.0. The van der Waals surface area contributed by atoms with Crippen LogP contribution in [-0.2, 0) is 4.79 Å². The maximum absolute atomic E-state index is 11.2. The van der Waals surface area contributed by atoms with Gasteiger partial charge in [0.2, 0.25) is 5.91 Å². The number of nitrogens with zero attached hydrogens (tertiary/aromatic N) is 1. The smallest absolute Gasteiger partial charge is 0.221 e. The molecule has 1 amide bonds. The van der Waals surface area contributed by atoms with E-state index >= 15 is 0 Å². The summed E-state index contributed by atoms with van der Waals surface area (Å²) in [5, 5.41) is 3.65. The molecule has 0 aliphatic rings. The molecule has 0 spiro atoms. The first-order valence-corrected chi connectivity index (χ1v) is 6.30. The van der Waals surface area contributed by atoms with Crippen LogP contribution in [0.15, 0.2) is 18.2 Å². The molecule has 0 radical (unpaired) electrons. The third kappa shape index (κ3) is 2.76. The number of carbonyl (C=O) groups is 1. The molecule has 0 fully saturated rings. The highest BCUT2D eigenvalue weighted by molar-refractivity contribution is 7.19. The molecule has 0 bridgehead atoms. The molecule has 1 aromatic carbocycles. The average Bonchev–Trinajstić information content (AvgIpc) is 2.67. The van der Waals surface area contributed by atoms with E-state index in [1.54, 1.807) is 12.1 Å². The number of hydrogen-bond donors (Lipinski definition) is 3. The number of nitrogens with one attached hydrogen (secondary N) is 1. The Morgan fingerprint density at radius 1 is 1.42 bits per heavy atom. The fourth-order valence-corrected chi connectivity index (χ4v) is 2.32. The van der Waals surface area contributed by atoms with Crippen LogP contribution in [0.5, 0.6) is 5.75 Å². The van der Waals surface area contributed by atoms with Crippen molar-refractivity contribution in [3.05, 3.63) is 18.2 Å². The number of rotatable bonds is 3. The maximum Gasteiger partial charge on any atom is 0.221 e. The molecule has 100 valence electrons. The van der Waals surface area contributed by atoms with Gasteiger partial charge in [0.25, 0.3) is 0 Å². The summed E-state index contributed by atoms with van der Waals surface area (Å²) in [6.07, 6.45) is 0. The third-order valence-electron chi connectivity index (χ3n) is 2.45. The molecular formula is C12H14N4O2S. The Balaban J connectivity index is 2.48. The first kappa shape index (κ1) is 13.2. The summed E-state index contributed by atoms with van der Waals surface area (Å²) in [6, 6.07) is 5.32. The van der Waals surface area contributed by atoms with Crippen molar-refractivity contribution in [3.8, 4) is 17.0 Å². The van der Waals surface area contributed by atoms with Crippen molar-refractivity contribution in [3.63, 3.8) is 0 Å². The van der Waals surface area contributed by atoms with E-state index in [2.05, 4.69) is 10.3 Å². The molecule has 0 atom stereocenters. The number of nitrogens with two attached hydrogens (primary N) is 2. The summed E-state index contributed by atoms with van der Waals surface area (Å²) in [4.78, 5) is 15.3. The molecule has 0 aliphatic carbocycles.